The van der Waals surface area contributed by atoms with Crippen LogP contribution in [0.2, 0.25) is 5.02 Å². The van der Waals surface area contributed by atoms with Gasteiger partial charge in [-0.15, -0.1) is 0 Å². The molecule has 0 saturated carbocycles. The first-order valence-corrected chi connectivity index (χ1v) is 14.2. The molecule has 0 bridgehead atoms. The first-order chi connectivity index (χ1) is 20.3. The molecule has 2 amide bonds. The van der Waals surface area contributed by atoms with Crippen LogP contribution in [0.4, 0.5) is 13.2 Å². The van der Waals surface area contributed by atoms with Gasteiger partial charge in [0.25, 0.3) is 5.91 Å². The van der Waals surface area contributed by atoms with Gasteiger partial charge in [0.05, 0.1) is 11.5 Å². The number of fused-ring (bicyclic) bond motifs is 1. The second-order valence-electron chi connectivity index (χ2n) is 11.2. The summed E-state index contributed by atoms with van der Waals surface area (Å²) in [5.41, 5.74) is 6.09. The van der Waals surface area contributed by atoms with Gasteiger partial charge in [0.1, 0.15) is 35.6 Å². The highest BCUT2D eigenvalue weighted by atomic mass is 35.5. The number of amides is 2. The van der Waals surface area contributed by atoms with Crippen LogP contribution >= 0.6 is 11.6 Å². The number of likely N-dealkylation sites (tertiary alicyclic amines) is 2. The van der Waals surface area contributed by atoms with Gasteiger partial charge in [-0.05, 0) is 42.3 Å². The number of carbonyl (C=O) groups is 3. The van der Waals surface area contributed by atoms with Crippen molar-refractivity contribution in [1.29, 1.82) is 0 Å². The van der Waals surface area contributed by atoms with Gasteiger partial charge in [0.15, 0.2) is 0 Å². The zero-order valence-electron chi connectivity index (χ0n) is 23.1. The molecule has 3 heterocycles. The maximum Gasteiger partial charge on any atom is 0.491 e. The molecule has 0 aromatic heterocycles. The molecule has 0 aliphatic carbocycles. The lowest BCUT2D eigenvalue weighted by molar-refractivity contribution is -0.189. The number of hydrogen-bond acceptors (Lipinski definition) is 8. The fourth-order valence-corrected chi connectivity index (χ4v) is 5.93. The number of esters is 1. The largest absolute Gasteiger partial charge is 0.491 e. The molecule has 2 atom stereocenters. The van der Waals surface area contributed by atoms with Crippen molar-refractivity contribution in [1.82, 2.24) is 9.80 Å². The minimum atomic E-state index is -5.22. The lowest BCUT2D eigenvalue weighted by Gasteiger charge is -2.39. The van der Waals surface area contributed by atoms with E-state index in [-0.39, 0.29) is 43.2 Å². The Morgan fingerprint density at radius 2 is 1.88 bits per heavy atom. The Morgan fingerprint density at radius 3 is 2.56 bits per heavy atom. The predicted octanol–water partition coefficient (Wildman–Crippen LogP) is 2.96. The lowest BCUT2D eigenvalue weighted by Crippen LogP contribution is -2.49. The standard InChI is InChI=1S/C29H31ClF3N3O7/c30-19-1-4-23-18(11-19)13-28(43-23)6-9-35(10-7-28)15-20(37)16-41-24-12-21(42-27(40)29(31,32)33)2-3-22(24)26(39)36-8-5-17(14-36)25(34)38/h1-4,11-12,17,20,37H,5-10,13-16H2,(H2,34,38)/t17?,20-/m0/s1. The molecule has 1 unspecified atom stereocenters. The number of ether oxygens (including phenoxy) is 3. The fraction of sp³-hybridized carbons (Fsp3) is 0.483. The van der Waals surface area contributed by atoms with Crippen LogP contribution in [0.25, 0.3) is 0 Å². The SMILES string of the molecule is NC(=O)C1CCN(C(=O)c2ccc(OC(=O)C(F)(F)F)cc2OC[C@@H](O)CN2CCC3(CC2)Cc2cc(Cl)ccc2O3)C1. The first-order valence-electron chi connectivity index (χ1n) is 13.8. The molecule has 5 rings (SSSR count). The molecule has 14 heteroatoms. The maximum absolute atomic E-state index is 13.2. The number of primary amides is 1. The number of hydrogen-bond donors (Lipinski definition) is 2. The molecule has 43 heavy (non-hydrogen) atoms. The zero-order chi connectivity index (χ0) is 30.9. The summed E-state index contributed by atoms with van der Waals surface area (Å²) in [5, 5.41) is 11.4. The highest BCUT2D eigenvalue weighted by Gasteiger charge is 2.43. The monoisotopic (exact) mass is 625 g/mol. The van der Waals surface area contributed by atoms with Gasteiger partial charge in [-0.3, -0.25) is 9.59 Å². The van der Waals surface area contributed by atoms with Crippen LogP contribution in [0, 0.1) is 5.92 Å². The smallest absolute Gasteiger partial charge is 0.490 e. The van der Waals surface area contributed by atoms with Gasteiger partial charge in [0, 0.05) is 63.1 Å². The van der Waals surface area contributed by atoms with E-state index in [0.29, 0.717) is 24.5 Å². The van der Waals surface area contributed by atoms with Crippen LogP contribution in [0.3, 0.4) is 0 Å². The number of nitrogens with zero attached hydrogens (tertiary/aromatic N) is 2. The Labute approximate surface area is 250 Å². The summed E-state index contributed by atoms with van der Waals surface area (Å²) in [6.07, 6.45) is -3.63. The lowest BCUT2D eigenvalue weighted by atomic mass is 9.87. The molecule has 2 aromatic carbocycles. The van der Waals surface area contributed by atoms with Crippen LogP contribution < -0.4 is 19.9 Å². The number of benzene rings is 2. The maximum atomic E-state index is 13.2. The third-order valence-electron chi connectivity index (χ3n) is 8.03. The summed E-state index contributed by atoms with van der Waals surface area (Å²) in [4.78, 5) is 39.6. The molecule has 1 spiro atoms. The van der Waals surface area contributed by atoms with Crippen LogP contribution in [0.1, 0.15) is 35.2 Å². The Morgan fingerprint density at radius 1 is 1.14 bits per heavy atom. The minimum Gasteiger partial charge on any atom is -0.490 e. The summed E-state index contributed by atoms with van der Waals surface area (Å²) in [7, 11) is 0. The van der Waals surface area contributed by atoms with Gasteiger partial charge in [0.2, 0.25) is 5.91 Å². The fourth-order valence-electron chi connectivity index (χ4n) is 5.74. The number of alkyl halides is 3. The number of piperidine rings is 1. The summed E-state index contributed by atoms with van der Waals surface area (Å²) < 4.78 is 54.7. The molecule has 2 saturated heterocycles. The molecule has 3 N–H and O–H groups in total. The molecular weight excluding hydrogens is 595 g/mol. The minimum absolute atomic E-state index is 0.0258. The van der Waals surface area contributed by atoms with E-state index in [1.165, 1.54) is 11.0 Å². The van der Waals surface area contributed by atoms with E-state index in [2.05, 4.69) is 9.64 Å². The van der Waals surface area contributed by atoms with E-state index in [9.17, 15) is 32.7 Å². The Balaban J connectivity index is 1.21. The Hall–Kier alpha value is -3.55. The summed E-state index contributed by atoms with van der Waals surface area (Å²) in [6, 6.07) is 8.80. The van der Waals surface area contributed by atoms with Crippen molar-refractivity contribution in [3.8, 4) is 17.2 Å². The van der Waals surface area contributed by atoms with E-state index in [4.69, 9.17) is 26.8 Å². The van der Waals surface area contributed by atoms with Gasteiger partial charge >= 0.3 is 12.1 Å². The Kier molecular flexibility index (Phi) is 8.77. The van der Waals surface area contributed by atoms with Crippen molar-refractivity contribution in [2.45, 2.75) is 43.6 Å². The molecule has 3 aliphatic rings. The van der Waals surface area contributed by atoms with Crippen LogP contribution in [0.15, 0.2) is 36.4 Å². The molecule has 0 radical (unpaired) electrons. The number of nitrogens with two attached hydrogens (primary N) is 1. The number of carbonyl (C=O) groups excluding carboxylic acids is 3. The van der Waals surface area contributed by atoms with Gasteiger partial charge < -0.3 is 34.9 Å². The molecule has 232 valence electrons. The van der Waals surface area contributed by atoms with E-state index >= 15 is 0 Å². The number of rotatable bonds is 8. The average molecular weight is 626 g/mol. The summed E-state index contributed by atoms with van der Waals surface area (Å²) >= 11 is 6.12. The normalized spacial score (nSPS) is 20.4. The third kappa shape index (κ3) is 7.16. The van der Waals surface area contributed by atoms with Crippen molar-refractivity contribution >= 4 is 29.4 Å². The van der Waals surface area contributed by atoms with Crippen LogP contribution in [-0.4, -0.2) is 89.9 Å². The topological polar surface area (TPSA) is 132 Å². The van der Waals surface area contributed by atoms with Crippen LogP contribution in [-0.2, 0) is 16.0 Å². The third-order valence-corrected chi connectivity index (χ3v) is 8.27. The van der Waals surface area contributed by atoms with Gasteiger partial charge in [-0.25, -0.2) is 4.79 Å². The van der Waals surface area contributed by atoms with Crippen molar-refractivity contribution < 1.29 is 46.9 Å². The van der Waals surface area contributed by atoms with Crippen molar-refractivity contribution in [2.24, 2.45) is 11.7 Å². The summed E-state index contributed by atoms with van der Waals surface area (Å²) in [5.74, 6) is -3.86. The molecule has 2 aromatic rings. The highest BCUT2D eigenvalue weighted by Crippen LogP contribution is 2.42. The molecular formula is C29H31ClF3N3O7. The number of aliphatic hydroxyl groups excluding tert-OH is 1. The van der Waals surface area contributed by atoms with Gasteiger partial charge in [-0.2, -0.15) is 13.2 Å². The quantitative estimate of drug-likeness (QED) is 0.338. The van der Waals surface area contributed by atoms with Crippen LogP contribution in [0.5, 0.6) is 17.2 Å². The van der Waals surface area contributed by atoms with Crippen molar-refractivity contribution in [3.05, 3.63) is 52.5 Å². The van der Waals surface area contributed by atoms with Crippen molar-refractivity contribution in [2.75, 3.05) is 39.3 Å². The predicted molar refractivity (Wildman–Crippen MR) is 147 cm³/mol. The average Bonchev–Trinajstić information content (AvgIpc) is 3.58. The second kappa shape index (κ2) is 12.2. The summed E-state index contributed by atoms with van der Waals surface area (Å²) in [6.45, 7) is 1.59. The van der Waals surface area contributed by atoms with E-state index in [1.54, 1.807) is 6.07 Å². The zero-order valence-corrected chi connectivity index (χ0v) is 23.8. The van der Waals surface area contributed by atoms with E-state index in [1.807, 2.05) is 12.1 Å². The molecule has 2 fully saturated rings. The number of aliphatic hydroxyl groups is 1. The van der Waals surface area contributed by atoms with Gasteiger partial charge in [-0.1, -0.05) is 11.6 Å². The van der Waals surface area contributed by atoms with E-state index in [0.717, 1.165) is 42.7 Å². The molecule has 3 aliphatic heterocycles. The highest BCUT2D eigenvalue weighted by molar-refractivity contribution is 6.30. The first kappa shape index (κ1) is 30.9. The van der Waals surface area contributed by atoms with Crippen molar-refractivity contribution in [3.63, 3.8) is 0 Å². The Bertz CT molecular complexity index is 1400. The van der Waals surface area contributed by atoms with E-state index < -0.39 is 41.7 Å². The second-order valence-corrected chi connectivity index (χ2v) is 11.6. The molecule has 10 nitrogen and oxygen atoms in total. The number of halogens is 4. The number of β-amino-alcohol motifs (C(OH)–C–C–N with tert-alkyl or cyclic N) is 1.